The van der Waals surface area contributed by atoms with Crippen LogP contribution in [0.5, 0.6) is 0 Å². The highest BCUT2D eigenvalue weighted by atomic mass is 35.5. The minimum absolute atomic E-state index is 0.0246. The fourth-order valence-corrected chi connectivity index (χ4v) is 2.25. The minimum Gasteiger partial charge on any atom is -0.373 e. The van der Waals surface area contributed by atoms with E-state index in [1.165, 1.54) is 4.68 Å². The summed E-state index contributed by atoms with van der Waals surface area (Å²) in [6, 6.07) is 0. The van der Waals surface area contributed by atoms with E-state index in [0.29, 0.717) is 38.5 Å². The van der Waals surface area contributed by atoms with Crippen molar-refractivity contribution in [2.24, 2.45) is 5.73 Å². The molecule has 1 aliphatic rings. The average Bonchev–Trinajstić information content (AvgIpc) is 2.42. The summed E-state index contributed by atoms with van der Waals surface area (Å²) in [5, 5.41) is 4.30. The van der Waals surface area contributed by atoms with Crippen molar-refractivity contribution in [3.63, 3.8) is 0 Å². The molecule has 0 saturated carbocycles. The third-order valence-electron chi connectivity index (χ3n) is 3.01. The maximum absolute atomic E-state index is 11.9. The highest BCUT2D eigenvalue weighted by molar-refractivity contribution is 6.33. The largest absolute Gasteiger partial charge is 0.373 e. The van der Waals surface area contributed by atoms with Crippen LogP contribution >= 0.6 is 11.6 Å². The summed E-state index contributed by atoms with van der Waals surface area (Å²) in [5.74, 6) is 0. The molecule has 2 heterocycles. The van der Waals surface area contributed by atoms with Crippen molar-refractivity contribution < 1.29 is 4.74 Å². The fraction of sp³-hybridized carbons (Fsp3) is 0.636. The summed E-state index contributed by atoms with van der Waals surface area (Å²) in [6.07, 6.45) is 1.61. The van der Waals surface area contributed by atoms with E-state index in [1.54, 1.807) is 6.20 Å². The van der Waals surface area contributed by atoms with E-state index in [-0.39, 0.29) is 16.7 Å². The maximum Gasteiger partial charge on any atom is 0.287 e. The van der Waals surface area contributed by atoms with Crippen molar-refractivity contribution in [3.8, 4) is 0 Å². The molecular formula is C11H17ClN4O2. The van der Waals surface area contributed by atoms with Crippen LogP contribution in [0, 0.1) is 0 Å². The molecule has 1 aliphatic heterocycles. The van der Waals surface area contributed by atoms with Gasteiger partial charge in [0.25, 0.3) is 5.56 Å². The molecule has 0 bridgehead atoms. The zero-order valence-electron chi connectivity index (χ0n) is 10.3. The number of hydrogen-bond acceptors (Lipinski definition) is 5. The molecule has 0 aromatic carbocycles. The summed E-state index contributed by atoms with van der Waals surface area (Å²) in [4.78, 5) is 13.9. The Bertz CT molecular complexity index is 477. The van der Waals surface area contributed by atoms with Crippen LogP contribution in [-0.4, -0.2) is 42.1 Å². The summed E-state index contributed by atoms with van der Waals surface area (Å²) >= 11 is 6.11. The van der Waals surface area contributed by atoms with Crippen molar-refractivity contribution in [2.75, 3.05) is 31.1 Å². The number of rotatable bonds is 3. The summed E-state index contributed by atoms with van der Waals surface area (Å²) in [7, 11) is 0. The lowest BCUT2D eigenvalue weighted by Crippen LogP contribution is -2.46. The van der Waals surface area contributed by atoms with Gasteiger partial charge in [0, 0.05) is 26.2 Å². The Balaban J connectivity index is 2.28. The van der Waals surface area contributed by atoms with Crippen LogP contribution in [0.3, 0.4) is 0 Å². The Morgan fingerprint density at radius 2 is 2.44 bits per heavy atom. The van der Waals surface area contributed by atoms with Crippen molar-refractivity contribution in [2.45, 2.75) is 19.6 Å². The molecule has 100 valence electrons. The molecule has 0 amide bonds. The first kappa shape index (κ1) is 13.3. The lowest BCUT2D eigenvalue weighted by Gasteiger charge is -2.34. The van der Waals surface area contributed by atoms with E-state index < -0.39 is 0 Å². The van der Waals surface area contributed by atoms with Crippen LogP contribution in [0.1, 0.15) is 6.92 Å². The molecule has 6 nitrogen and oxygen atoms in total. The predicted molar refractivity (Wildman–Crippen MR) is 70.2 cm³/mol. The normalized spacial score (nSPS) is 20.2. The molecule has 0 radical (unpaired) electrons. The van der Waals surface area contributed by atoms with Gasteiger partial charge in [-0.05, 0) is 6.92 Å². The molecule has 1 aromatic rings. The Morgan fingerprint density at radius 3 is 3.11 bits per heavy atom. The van der Waals surface area contributed by atoms with E-state index in [0.717, 1.165) is 0 Å². The number of morpholine rings is 1. The van der Waals surface area contributed by atoms with Crippen molar-refractivity contribution in [1.29, 1.82) is 0 Å². The van der Waals surface area contributed by atoms with E-state index in [4.69, 9.17) is 22.1 Å². The number of nitrogens with zero attached hydrogens (tertiary/aromatic N) is 3. The van der Waals surface area contributed by atoms with E-state index in [9.17, 15) is 4.79 Å². The first-order valence-corrected chi connectivity index (χ1v) is 6.37. The third kappa shape index (κ3) is 2.50. The monoisotopic (exact) mass is 272 g/mol. The highest BCUT2D eigenvalue weighted by Gasteiger charge is 2.22. The second-order valence-electron chi connectivity index (χ2n) is 4.14. The quantitative estimate of drug-likeness (QED) is 0.844. The number of hydrogen-bond donors (Lipinski definition) is 1. The van der Waals surface area contributed by atoms with Gasteiger partial charge in [0.1, 0.15) is 5.02 Å². The standard InChI is InChI=1S/C11H17ClN4O2/c1-2-16-11(17)10(12)9(6-14-16)15-3-4-18-8(5-13)7-15/h6,8H,2-5,7,13H2,1H3. The lowest BCUT2D eigenvalue weighted by molar-refractivity contribution is 0.0465. The van der Waals surface area contributed by atoms with Gasteiger partial charge in [-0.3, -0.25) is 4.79 Å². The molecule has 2 rings (SSSR count). The molecule has 2 N–H and O–H groups in total. The van der Waals surface area contributed by atoms with Gasteiger partial charge in [0.2, 0.25) is 0 Å². The SMILES string of the molecule is CCn1ncc(N2CCOC(CN)C2)c(Cl)c1=O. The topological polar surface area (TPSA) is 73.4 Å². The number of anilines is 1. The summed E-state index contributed by atoms with van der Waals surface area (Å²) in [5.41, 5.74) is 5.99. The Hall–Kier alpha value is -1.11. The van der Waals surface area contributed by atoms with Gasteiger partial charge in [0.15, 0.2) is 0 Å². The number of aromatic nitrogens is 2. The highest BCUT2D eigenvalue weighted by Crippen LogP contribution is 2.22. The predicted octanol–water partition coefficient (Wildman–Crippen LogP) is 0.0805. The van der Waals surface area contributed by atoms with Gasteiger partial charge in [-0.1, -0.05) is 11.6 Å². The fourth-order valence-electron chi connectivity index (χ4n) is 1.98. The van der Waals surface area contributed by atoms with Gasteiger partial charge in [-0.25, -0.2) is 4.68 Å². The molecule has 1 aromatic heterocycles. The average molecular weight is 273 g/mol. The van der Waals surface area contributed by atoms with Gasteiger partial charge >= 0.3 is 0 Å². The van der Waals surface area contributed by atoms with Crippen LogP contribution in [-0.2, 0) is 11.3 Å². The number of aryl methyl sites for hydroxylation is 1. The summed E-state index contributed by atoms with van der Waals surface area (Å²) in [6.45, 7) is 4.71. The van der Waals surface area contributed by atoms with Crippen LogP contribution in [0.2, 0.25) is 5.02 Å². The van der Waals surface area contributed by atoms with Crippen LogP contribution in [0.25, 0.3) is 0 Å². The Kier molecular flexibility index (Phi) is 4.21. The van der Waals surface area contributed by atoms with Gasteiger partial charge in [0.05, 0.1) is 24.6 Å². The first-order chi connectivity index (χ1) is 8.67. The van der Waals surface area contributed by atoms with Crippen LogP contribution in [0.4, 0.5) is 5.69 Å². The molecule has 18 heavy (non-hydrogen) atoms. The van der Waals surface area contributed by atoms with Crippen molar-refractivity contribution in [3.05, 3.63) is 21.6 Å². The number of ether oxygens (including phenoxy) is 1. The Labute approximate surface area is 110 Å². The zero-order chi connectivity index (χ0) is 13.1. The second kappa shape index (κ2) is 5.69. The molecule has 1 unspecified atom stereocenters. The zero-order valence-corrected chi connectivity index (χ0v) is 11.1. The first-order valence-electron chi connectivity index (χ1n) is 5.99. The van der Waals surface area contributed by atoms with Crippen LogP contribution < -0.4 is 16.2 Å². The number of nitrogens with two attached hydrogens (primary N) is 1. The molecule has 1 saturated heterocycles. The minimum atomic E-state index is -0.257. The maximum atomic E-state index is 11.9. The smallest absolute Gasteiger partial charge is 0.287 e. The third-order valence-corrected chi connectivity index (χ3v) is 3.36. The number of halogens is 1. The van der Waals surface area contributed by atoms with E-state index in [2.05, 4.69) is 5.10 Å². The lowest BCUT2D eigenvalue weighted by atomic mass is 10.2. The Morgan fingerprint density at radius 1 is 1.67 bits per heavy atom. The molecule has 1 atom stereocenters. The van der Waals surface area contributed by atoms with Crippen molar-refractivity contribution >= 4 is 17.3 Å². The second-order valence-corrected chi connectivity index (χ2v) is 4.52. The van der Waals surface area contributed by atoms with Gasteiger partial charge < -0.3 is 15.4 Å². The van der Waals surface area contributed by atoms with E-state index in [1.807, 2.05) is 11.8 Å². The molecular weight excluding hydrogens is 256 g/mol. The van der Waals surface area contributed by atoms with Gasteiger partial charge in [-0.2, -0.15) is 5.10 Å². The molecule has 0 aliphatic carbocycles. The van der Waals surface area contributed by atoms with Crippen molar-refractivity contribution in [1.82, 2.24) is 9.78 Å². The van der Waals surface area contributed by atoms with Crippen LogP contribution in [0.15, 0.2) is 11.0 Å². The molecule has 7 heteroatoms. The van der Waals surface area contributed by atoms with E-state index >= 15 is 0 Å². The molecule has 1 fully saturated rings. The summed E-state index contributed by atoms with van der Waals surface area (Å²) < 4.78 is 6.82. The van der Waals surface area contributed by atoms with Gasteiger partial charge in [-0.15, -0.1) is 0 Å². The molecule has 0 spiro atoms.